The molecule has 0 aliphatic carbocycles. The van der Waals surface area contributed by atoms with E-state index in [0.29, 0.717) is 11.3 Å². The van der Waals surface area contributed by atoms with Gasteiger partial charge in [0, 0.05) is 11.3 Å². The van der Waals surface area contributed by atoms with Crippen LogP contribution in [-0.4, -0.2) is 10.9 Å². The molecule has 0 saturated heterocycles. The lowest BCUT2D eigenvalue weighted by atomic mass is 10.1. The van der Waals surface area contributed by atoms with Gasteiger partial charge in [-0.05, 0) is 37.3 Å². The van der Waals surface area contributed by atoms with Crippen molar-refractivity contribution in [1.29, 1.82) is 0 Å². The first kappa shape index (κ1) is 13.9. The van der Waals surface area contributed by atoms with Crippen LogP contribution >= 0.6 is 0 Å². The molecule has 0 radical (unpaired) electrons. The molecule has 0 unspecified atom stereocenters. The van der Waals surface area contributed by atoms with Crippen molar-refractivity contribution in [3.8, 4) is 22.8 Å². The second-order valence-corrected chi connectivity index (χ2v) is 5.00. The summed E-state index contributed by atoms with van der Waals surface area (Å²) in [5.41, 5.74) is 8.30. The molecule has 2 aromatic carbocycles. The van der Waals surface area contributed by atoms with E-state index >= 15 is 0 Å². The minimum Gasteiger partial charge on any atom is -0.457 e. The van der Waals surface area contributed by atoms with Crippen LogP contribution in [0.4, 0.5) is 0 Å². The van der Waals surface area contributed by atoms with Crippen LogP contribution in [0, 0.1) is 6.92 Å². The summed E-state index contributed by atoms with van der Waals surface area (Å²) in [4.78, 5) is 14.6. The number of hydrogen-bond acceptors (Lipinski definition) is 2. The van der Waals surface area contributed by atoms with Crippen LogP contribution in [0.25, 0.3) is 11.3 Å². The maximum absolute atomic E-state index is 11.4. The van der Waals surface area contributed by atoms with Gasteiger partial charge in [0.05, 0.1) is 11.3 Å². The third-order valence-electron chi connectivity index (χ3n) is 3.43. The standard InChI is InChI=1S/C18H16N2O2/c1-12-15(18(19)21)11-16(20-12)14-9-5-6-10-17(14)22-13-7-3-2-4-8-13/h2-11,20H,1H3,(H2,19,21). The molecule has 22 heavy (non-hydrogen) atoms. The van der Waals surface area contributed by atoms with Gasteiger partial charge in [0.25, 0.3) is 5.91 Å². The first-order chi connectivity index (χ1) is 10.6. The van der Waals surface area contributed by atoms with Crippen molar-refractivity contribution in [1.82, 2.24) is 4.98 Å². The molecule has 1 aromatic heterocycles. The van der Waals surface area contributed by atoms with Gasteiger partial charge in [-0.1, -0.05) is 30.3 Å². The number of hydrogen-bond donors (Lipinski definition) is 2. The molecule has 0 bridgehead atoms. The molecule has 1 amide bonds. The molecule has 3 aromatic rings. The Balaban J connectivity index is 2.01. The number of para-hydroxylation sites is 2. The lowest BCUT2D eigenvalue weighted by molar-refractivity contribution is 0.1000. The molecular formula is C18H16N2O2. The summed E-state index contributed by atoms with van der Waals surface area (Å²) in [6.07, 6.45) is 0. The number of carbonyl (C=O) groups is 1. The van der Waals surface area contributed by atoms with E-state index in [9.17, 15) is 4.79 Å². The predicted molar refractivity (Wildman–Crippen MR) is 86.0 cm³/mol. The number of aryl methyl sites for hydroxylation is 1. The minimum atomic E-state index is -0.443. The van der Waals surface area contributed by atoms with Crippen LogP contribution in [0.3, 0.4) is 0 Å². The van der Waals surface area contributed by atoms with Gasteiger partial charge in [0.1, 0.15) is 11.5 Å². The summed E-state index contributed by atoms with van der Waals surface area (Å²) in [5, 5.41) is 0. The van der Waals surface area contributed by atoms with Crippen molar-refractivity contribution < 1.29 is 9.53 Å². The van der Waals surface area contributed by atoms with Gasteiger partial charge in [0.15, 0.2) is 0 Å². The number of aromatic nitrogens is 1. The number of carbonyl (C=O) groups excluding carboxylic acids is 1. The van der Waals surface area contributed by atoms with E-state index in [1.54, 1.807) is 6.07 Å². The number of benzene rings is 2. The first-order valence-electron chi connectivity index (χ1n) is 6.97. The second kappa shape index (κ2) is 5.77. The van der Waals surface area contributed by atoms with Crippen molar-refractivity contribution in [3.05, 3.63) is 71.9 Å². The molecule has 0 aliphatic rings. The normalized spacial score (nSPS) is 10.4. The number of primary amides is 1. The van der Waals surface area contributed by atoms with Gasteiger partial charge < -0.3 is 15.5 Å². The maximum Gasteiger partial charge on any atom is 0.250 e. The monoisotopic (exact) mass is 292 g/mol. The first-order valence-corrected chi connectivity index (χ1v) is 6.97. The largest absolute Gasteiger partial charge is 0.457 e. The SMILES string of the molecule is Cc1[nH]c(-c2ccccc2Oc2ccccc2)cc1C(N)=O. The highest BCUT2D eigenvalue weighted by Crippen LogP contribution is 2.33. The van der Waals surface area contributed by atoms with Crippen molar-refractivity contribution in [3.63, 3.8) is 0 Å². The Morgan fingerprint density at radius 2 is 1.73 bits per heavy atom. The minimum absolute atomic E-state index is 0.443. The number of aromatic amines is 1. The average molecular weight is 292 g/mol. The molecule has 0 spiro atoms. The molecule has 4 nitrogen and oxygen atoms in total. The van der Waals surface area contributed by atoms with Gasteiger partial charge >= 0.3 is 0 Å². The molecule has 4 heteroatoms. The number of nitrogens with two attached hydrogens (primary N) is 1. The number of rotatable bonds is 4. The third kappa shape index (κ3) is 2.72. The average Bonchev–Trinajstić information content (AvgIpc) is 2.91. The summed E-state index contributed by atoms with van der Waals surface area (Å²) in [6, 6.07) is 19.0. The van der Waals surface area contributed by atoms with Crippen molar-refractivity contribution in [2.24, 2.45) is 5.73 Å². The van der Waals surface area contributed by atoms with Gasteiger partial charge in [-0.2, -0.15) is 0 Å². The zero-order valence-electron chi connectivity index (χ0n) is 12.2. The smallest absolute Gasteiger partial charge is 0.250 e. The Morgan fingerprint density at radius 1 is 1.05 bits per heavy atom. The molecule has 1 heterocycles. The number of H-pyrrole nitrogens is 1. The Labute approximate surface area is 128 Å². The fourth-order valence-electron chi connectivity index (χ4n) is 2.35. The van der Waals surface area contributed by atoms with Crippen molar-refractivity contribution in [2.75, 3.05) is 0 Å². The van der Waals surface area contributed by atoms with Crippen LogP contribution < -0.4 is 10.5 Å². The van der Waals surface area contributed by atoms with Crippen LogP contribution in [0.1, 0.15) is 16.1 Å². The fraction of sp³-hybridized carbons (Fsp3) is 0.0556. The third-order valence-corrected chi connectivity index (χ3v) is 3.43. The van der Waals surface area contributed by atoms with Crippen LogP contribution in [0.2, 0.25) is 0 Å². The van der Waals surface area contributed by atoms with Crippen LogP contribution in [0.15, 0.2) is 60.7 Å². The zero-order valence-corrected chi connectivity index (χ0v) is 12.2. The molecule has 110 valence electrons. The van der Waals surface area contributed by atoms with Crippen molar-refractivity contribution in [2.45, 2.75) is 6.92 Å². The van der Waals surface area contributed by atoms with Gasteiger partial charge in [-0.3, -0.25) is 4.79 Å². The fourth-order valence-corrected chi connectivity index (χ4v) is 2.35. The lowest BCUT2D eigenvalue weighted by Crippen LogP contribution is -2.10. The molecule has 3 N–H and O–H groups in total. The summed E-state index contributed by atoms with van der Waals surface area (Å²) < 4.78 is 5.94. The van der Waals surface area contributed by atoms with E-state index in [0.717, 1.165) is 22.7 Å². The molecule has 0 saturated carbocycles. The molecular weight excluding hydrogens is 276 g/mol. The molecule has 0 fully saturated rings. The zero-order chi connectivity index (χ0) is 15.5. The topological polar surface area (TPSA) is 68.1 Å². The summed E-state index contributed by atoms with van der Waals surface area (Å²) in [5.74, 6) is 1.03. The van der Waals surface area contributed by atoms with Gasteiger partial charge in [-0.25, -0.2) is 0 Å². The van der Waals surface area contributed by atoms with Crippen LogP contribution in [0.5, 0.6) is 11.5 Å². The molecule has 3 rings (SSSR count). The van der Waals surface area contributed by atoms with E-state index in [2.05, 4.69) is 4.98 Å². The van der Waals surface area contributed by atoms with E-state index in [-0.39, 0.29) is 0 Å². The van der Waals surface area contributed by atoms with E-state index in [4.69, 9.17) is 10.5 Å². The van der Waals surface area contributed by atoms with E-state index in [1.807, 2.05) is 61.5 Å². The van der Waals surface area contributed by atoms with E-state index in [1.165, 1.54) is 0 Å². The van der Waals surface area contributed by atoms with Crippen LogP contribution in [-0.2, 0) is 0 Å². The second-order valence-electron chi connectivity index (χ2n) is 5.00. The number of nitrogens with one attached hydrogen (secondary N) is 1. The summed E-state index contributed by atoms with van der Waals surface area (Å²) in [7, 11) is 0. The Kier molecular flexibility index (Phi) is 3.66. The van der Waals surface area contributed by atoms with Gasteiger partial charge in [-0.15, -0.1) is 0 Å². The Hall–Kier alpha value is -3.01. The summed E-state index contributed by atoms with van der Waals surface area (Å²) >= 11 is 0. The van der Waals surface area contributed by atoms with E-state index < -0.39 is 5.91 Å². The summed E-state index contributed by atoms with van der Waals surface area (Å²) in [6.45, 7) is 1.82. The predicted octanol–water partition coefficient (Wildman–Crippen LogP) is 3.88. The number of ether oxygens (including phenoxy) is 1. The maximum atomic E-state index is 11.4. The number of amides is 1. The van der Waals surface area contributed by atoms with Gasteiger partial charge in [0.2, 0.25) is 0 Å². The highest BCUT2D eigenvalue weighted by molar-refractivity contribution is 5.95. The Bertz CT molecular complexity index is 807. The lowest BCUT2D eigenvalue weighted by Gasteiger charge is -2.10. The quantitative estimate of drug-likeness (QED) is 0.766. The molecule has 0 aliphatic heterocycles. The highest BCUT2D eigenvalue weighted by atomic mass is 16.5. The molecule has 0 atom stereocenters. The Morgan fingerprint density at radius 3 is 2.41 bits per heavy atom. The van der Waals surface area contributed by atoms with Crippen molar-refractivity contribution >= 4 is 5.91 Å². The highest BCUT2D eigenvalue weighted by Gasteiger charge is 2.14.